The second-order valence-electron chi connectivity index (χ2n) is 13.7. The highest BCUT2D eigenvalue weighted by Gasteiger charge is 2.21. The largest absolute Gasteiger partial charge is 0.309 e. The molecule has 12 rings (SSSR count). The third-order valence-electron chi connectivity index (χ3n) is 11.0. The van der Waals surface area contributed by atoms with Gasteiger partial charge in [-0.05, 0) is 66.7 Å². The maximum Gasteiger partial charge on any atom is 0.0555 e. The fourth-order valence-electron chi connectivity index (χ4n) is 8.90. The van der Waals surface area contributed by atoms with Gasteiger partial charge in [0.1, 0.15) is 0 Å². The van der Waals surface area contributed by atoms with Crippen LogP contribution in [-0.2, 0) is 0 Å². The molecule has 4 heterocycles. The fourth-order valence-corrected chi connectivity index (χ4v) is 10.3. The molecule has 52 heavy (non-hydrogen) atoms. The standard InChI is InChI=1S/C48H29N3S/c1-2-13-30(14-3-1)49-41-23-10-6-19-37(41)45-43(49)27-25-35-36-26-28-44-46(48(36)52-47(35)45)38-20-7-11-24-42(38)51(44)32-16-12-15-31(29-32)50-39-21-8-4-17-33(39)34-18-5-9-22-40(34)50/h1-29H. The number of nitrogens with zero attached hydrogens (tertiary/aromatic N) is 3. The van der Waals surface area contributed by atoms with Crippen molar-refractivity contribution in [1.82, 2.24) is 13.7 Å². The van der Waals surface area contributed by atoms with E-state index < -0.39 is 0 Å². The lowest BCUT2D eigenvalue weighted by atomic mass is 10.1. The number of hydrogen-bond donors (Lipinski definition) is 0. The molecule has 0 saturated carbocycles. The molecule has 0 radical (unpaired) electrons. The normalized spacial score (nSPS) is 12.2. The minimum absolute atomic E-state index is 1.15. The van der Waals surface area contributed by atoms with E-state index in [9.17, 15) is 0 Å². The molecule has 0 spiro atoms. The van der Waals surface area contributed by atoms with Gasteiger partial charge in [0.05, 0.1) is 33.1 Å². The van der Waals surface area contributed by atoms with Crippen molar-refractivity contribution in [2.45, 2.75) is 0 Å². The Balaban J connectivity index is 1.15. The molecule has 0 saturated heterocycles. The number of para-hydroxylation sites is 5. The summed E-state index contributed by atoms with van der Waals surface area (Å²) in [4.78, 5) is 0. The molecule has 3 nitrogen and oxygen atoms in total. The van der Waals surface area contributed by atoms with Crippen LogP contribution < -0.4 is 0 Å². The minimum atomic E-state index is 1.15. The average Bonchev–Trinajstić information content (AvgIpc) is 3.94. The minimum Gasteiger partial charge on any atom is -0.309 e. The van der Waals surface area contributed by atoms with Gasteiger partial charge in [0.2, 0.25) is 0 Å². The molecule has 12 aromatic rings. The third kappa shape index (κ3) is 3.69. The summed E-state index contributed by atoms with van der Waals surface area (Å²) >= 11 is 1.94. The molecule has 4 aromatic heterocycles. The first-order valence-corrected chi connectivity index (χ1v) is 18.6. The van der Waals surface area contributed by atoms with E-state index >= 15 is 0 Å². The van der Waals surface area contributed by atoms with E-state index in [0.717, 1.165) is 11.4 Å². The van der Waals surface area contributed by atoms with Gasteiger partial charge >= 0.3 is 0 Å². The third-order valence-corrected chi connectivity index (χ3v) is 12.3. The Morgan fingerprint density at radius 2 is 0.654 bits per heavy atom. The Hall–Kier alpha value is -6.62. The van der Waals surface area contributed by atoms with Crippen molar-refractivity contribution >= 4 is 96.9 Å². The van der Waals surface area contributed by atoms with Gasteiger partial charge in [-0.25, -0.2) is 0 Å². The Kier molecular flexibility index (Phi) is 5.65. The SMILES string of the molecule is c1ccc(-n2c3ccccc3c3c4sc5c(ccc6c5c5ccccc5n6-c5cccc(-n6c7ccccc7c7ccccc76)c5)c4ccc32)cc1. The number of rotatable bonds is 3. The van der Waals surface area contributed by atoms with Crippen LogP contribution in [0.1, 0.15) is 0 Å². The molecule has 0 aliphatic heterocycles. The number of thiophene rings is 1. The molecule has 0 bridgehead atoms. The Labute approximate surface area is 302 Å². The van der Waals surface area contributed by atoms with E-state index in [2.05, 4.69) is 190 Å². The maximum atomic E-state index is 2.46. The van der Waals surface area contributed by atoms with Crippen LogP contribution in [0.15, 0.2) is 176 Å². The number of benzene rings is 8. The van der Waals surface area contributed by atoms with Crippen LogP contribution in [0.2, 0.25) is 0 Å². The summed E-state index contributed by atoms with van der Waals surface area (Å²) in [5.74, 6) is 0. The number of fused-ring (bicyclic) bond motifs is 14. The predicted molar refractivity (Wildman–Crippen MR) is 222 cm³/mol. The molecular weight excluding hydrogens is 651 g/mol. The first kappa shape index (κ1) is 28.1. The first-order chi connectivity index (χ1) is 25.8. The van der Waals surface area contributed by atoms with Crippen molar-refractivity contribution in [1.29, 1.82) is 0 Å². The second kappa shape index (κ2) is 10.5. The topological polar surface area (TPSA) is 14.8 Å². The van der Waals surface area contributed by atoms with Gasteiger partial charge in [-0.2, -0.15) is 0 Å². The first-order valence-electron chi connectivity index (χ1n) is 17.8. The van der Waals surface area contributed by atoms with Gasteiger partial charge in [0.15, 0.2) is 0 Å². The molecule has 0 fully saturated rings. The molecule has 0 aliphatic rings. The highest BCUT2D eigenvalue weighted by atomic mass is 32.1. The van der Waals surface area contributed by atoms with Crippen LogP contribution in [0.25, 0.3) is 103 Å². The molecular formula is C48H29N3S. The van der Waals surface area contributed by atoms with E-state index in [0.29, 0.717) is 0 Å². The molecule has 8 aromatic carbocycles. The van der Waals surface area contributed by atoms with E-state index in [1.165, 1.54) is 91.3 Å². The molecule has 0 aliphatic carbocycles. The smallest absolute Gasteiger partial charge is 0.0555 e. The van der Waals surface area contributed by atoms with Crippen LogP contribution in [0.5, 0.6) is 0 Å². The molecule has 0 unspecified atom stereocenters. The summed E-state index contributed by atoms with van der Waals surface area (Å²) in [5.41, 5.74) is 10.8. The van der Waals surface area contributed by atoms with Crippen LogP contribution in [0.4, 0.5) is 0 Å². The summed E-state index contributed by atoms with van der Waals surface area (Å²) in [6.07, 6.45) is 0. The highest BCUT2D eigenvalue weighted by molar-refractivity contribution is 7.27. The van der Waals surface area contributed by atoms with Crippen molar-refractivity contribution in [3.63, 3.8) is 0 Å². The van der Waals surface area contributed by atoms with Crippen molar-refractivity contribution in [2.75, 3.05) is 0 Å². The summed E-state index contributed by atoms with van der Waals surface area (Å²) in [6, 6.07) is 64.4. The molecule has 242 valence electrons. The van der Waals surface area contributed by atoms with E-state index in [-0.39, 0.29) is 0 Å². The van der Waals surface area contributed by atoms with Gasteiger partial charge in [0, 0.05) is 69.6 Å². The quantitative estimate of drug-likeness (QED) is 0.177. The fraction of sp³-hybridized carbons (Fsp3) is 0. The molecule has 0 atom stereocenters. The van der Waals surface area contributed by atoms with E-state index in [1.54, 1.807) is 0 Å². The number of aromatic nitrogens is 3. The summed E-state index contributed by atoms with van der Waals surface area (Å²) in [7, 11) is 0. The Morgan fingerprint density at radius 3 is 1.17 bits per heavy atom. The highest BCUT2D eigenvalue weighted by Crippen LogP contribution is 2.47. The summed E-state index contributed by atoms with van der Waals surface area (Å²) < 4.78 is 9.97. The van der Waals surface area contributed by atoms with Crippen LogP contribution in [-0.4, -0.2) is 13.7 Å². The van der Waals surface area contributed by atoms with Gasteiger partial charge < -0.3 is 13.7 Å². The summed E-state index contributed by atoms with van der Waals surface area (Å²) in [5, 5.41) is 10.4. The summed E-state index contributed by atoms with van der Waals surface area (Å²) in [6.45, 7) is 0. The Morgan fingerprint density at radius 1 is 0.269 bits per heavy atom. The zero-order valence-corrected chi connectivity index (χ0v) is 28.8. The maximum absolute atomic E-state index is 2.46. The van der Waals surface area contributed by atoms with E-state index in [4.69, 9.17) is 0 Å². The van der Waals surface area contributed by atoms with Crippen molar-refractivity contribution in [3.8, 4) is 17.1 Å². The molecule has 0 N–H and O–H groups in total. The van der Waals surface area contributed by atoms with Crippen LogP contribution in [0.3, 0.4) is 0 Å². The van der Waals surface area contributed by atoms with Gasteiger partial charge in [-0.15, -0.1) is 11.3 Å². The predicted octanol–water partition coefficient (Wildman–Crippen LogP) is 13.3. The zero-order valence-electron chi connectivity index (χ0n) is 28.0. The lowest BCUT2D eigenvalue weighted by Gasteiger charge is -2.12. The second-order valence-corrected chi connectivity index (χ2v) is 14.7. The van der Waals surface area contributed by atoms with Gasteiger partial charge in [-0.1, -0.05) is 109 Å². The zero-order chi connectivity index (χ0) is 33.9. The lowest BCUT2D eigenvalue weighted by Crippen LogP contribution is -1.98. The lowest BCUT2D eigenvalue weighted by molar-refractivity contribution is 1.13. The van der Waals surface area contributed by atoms with E-state index in [1.807, 2.05) is 11.3 Å². The van der Waals surface area contributed by atoms with Gasteiger partial charge in [0.25, 0.3) is 0 Å². The van der Waals surface area contributed by atoms with Gasteiger partial charge in [-0.3, -0.25) is 0 Å². The average molecular weight is 680 g/mol. The van der Waals surface area contributed by atoms with Crippen LogP contribution in [0, 0.1) is 0 Å². The van der Waals surface area contributed by atoms with Crippen molar-refractivity contribution in [2.24, 2.45) is 0 Å². The molecule has 0 amide bonds. The van der Waals surface area contributed by atoms with Crippen molar-refractivity contribution in [3.05, 3.63) is 176 Å². The number of hydrogen-bond acceptors (Lipinski definition) is 1. The monoisotopic (exact) mass is 679 g/mol. The van der Waals surface area contributed by atoms with Crippen LogP contribution >= 0.6 is 11.3 Å². The Bertz CT molecular complexity index is 3360. The molecule has 4 heteroatoms. The van der Waals surface area contributed by atoms with Crippen molar-refractivity contribution < 1.29 is 0 Å².